The van der Waals surface area contributed by atoms with Gasteiger partial charge < -0.3 is 5.73 Å². The van der Waals surface area contributed by atoms with Crippen LogP contribution in [0.15, 0.2) is 54.7 Å². The average molecular weight is 237 g/mol. The van der Waals surface area contributed by atoms with Gasteiger partial charge in [0.15, 0.2) is 0 Å². The summed E-state index contributed by atoms with van der Waals surface area (Å²) in [5.74, 6) is 0. The summed E-state index contributed by atoms with van der Waals surface area (Å²) in [6.45, 7) is 2.14. The fourth-order valence-corrected chi connectivity index (χ4v) is 2.27. The molecule has 0 spiro atoms. The predicted octanol–water partition coefficient (Wildman–Crippen LogP) is 3.23. The summed E-state index contributed by atoms with van der Waals surface area (Å²) < 4.78 is 2.01. The second-order valence-corrected chi connectivity index (χ2v) is 4.46. The Bertz CT molecular complexity index is 671. The fraction of sp³-hybridized carbons (Fsp3) is 0.133. The zero-order valence-electron chi connectivity index (χ0n) is 10.2. The molecule has 0 aliphatic heterocycles. The topological polar surface area (TPSA) is 43.8 Å². The van der Waals surface area contributed by atoms with Crippen LogP contribution in [0.1, 0.15) is 18.5 Å². The second-order valence-electron chi connectivity index (χ2n) is 4.46. The molecule has 0 saturated carbocycles. The van der Waals surface area contributed by atoms with Crippen molar-refractivity contribution in [1.82, 2.24) is 9.78 Å². The largest absolute Gasteiger partial charge is 0.398 e. The summed E-state index contributed by atoms with van der Waals surface area (Å²) in [5.41, 5.74) is 9.05. The highest BCUT2D eigenvalue weighted by atomic mass is 15.3. The number of rotatable bonds is 2. The van der Waals surface area contributed by atoms with Crippen LogP contribution in [0, 0.1) is 0 Å². The van der Waals surface area contributed by atoms with Crippen molar-refractivity contribution in [1.29, 1.82) is 0 Å². The number of hydrogen-bond donors (Lipinski definition) is 1. The van der Waals surface area contributed by atoms with E-state index in [4.69, 9.17) is 5.73 Å². The first-order chi connectivity index (χ1) is 8.77. The maximum atomic E-state index is 5.96. The van der Waals surface area contributed by atoms with E-state index >= 15 is 0 Å². The average Bonchev–Trinajstić information content (AvgIpc) is 2.84. The monoisotopic (exact) mass is 237 g/mol. The van der Waals surface area contributed by atoms with E-state index in [2.05, 4.69) is 30.2 Å². The molecule has 1 heterocycles. The first kappa shape index (κ1) is 10.8. The number of fused-ring (bicyclic) bond motifs is 1. The van der Waals surface area contributed by atoms with Gasteiger partial charge in [-0.1, -0.05) is 36.4 Å². The summed E-state index contributed by atoms with van der Waals surface area (Å²) in [5, 5.41) is 5.48. The van der Waals surface area contributed by atoms with E-state index in [9.17, 15) is 0 Å². The van der Waals surface area contributed by atoms with Gasteiger partial charge in [0.1, 0.15) is 0 Å². The van der Waals surface area contributed by atoms with Gasteiger partial charge in [0, 0.05) is 11.1 Å². The Morgan fingerprint density at radius 3 is 2.61 bits per heavy atom. The number of benzene rings is 2. The minimum Gasteiger partial charge on any atom is -0.398 e. The molecule has 1 aromatic heterocycles. The molecular weight excluding hydrogens is 222 g/mol. The number of aromatic nitrogens is 2. The van der Waals surface area contributed by atoms with Gasteiger partial charge in [0.25, 0.3) is 0 Å². The molecule has 0 bridgehead atoms. The van der Waals surface area contributed by atoms with Gasteiger partial charge in [-0.2, -0.15) is 5.10 Å². The van der Waals surface area contributed by atoms with Gasteiger partial charge in [0.2, 0.25) is 0 Å². The van der Waals surface area contributed by atoms with E-state index in [1.807, 2.05) is 41.2 Å². The molecule has 3 rings (SSSR count). The Balaban J connectivity index is 2.13. The van der Waals surface area contributed by atoms with Crippen LogP contribution < -0.4 is 5.73 Å². The van der Waals surface area contributed by atoms with Gasteiger partial charge >= 0.3 is 0 Å². The van der Waals surface area contributed by atoms with Gasteiger partial charge in [-0.3, -0.25) is 4.68 Å². The van der Waals surface area contributed by atoms with E-state index < -0.39 is 0 Å². The van der Waals surface area contributed by atoms with Crippen LogP contribution in [0.2, 0.25) is 0 Å². The standard InChI is InChI=1S/C15H15N3/c1-11(12-6-3-2-4-7-12)18-15-9-5-8-14(16)13(15)10-17-18/h2-11H,16H2,1H3. The van der Waals surface area contributed by atoms with Crippen molar-refractivity contribution in [3.8, 4) is 0 Å². The van der Waals surface area contributed by atoms with Crippen LogP contribution in [0.4, 0.5) is 5.69 Å². The zero-order chi connectivity index (χ0) is 12.5. The van der Waals surface area contributed by atoms with Crippen molar-refractivity contribution in [3.63, 3.8) is 0 Å². The molecule has 0 aliphatic rings. The minimum absolute atomic E-state index is 0.200. The minimum atomic E-state index is 0.200. The summed E-state index contributed by atoms with van der Waals surface area (Å²) in [7, 11) is 0. The van der Waals surface area contributed by atoms with Gasteiger partial charge in [-0.25, -0.2) is 0 Å². The first-order valence-electron chi connectivity index (χ1n) is 6.04. The summed E-state index contributed by atoms with van der Waals surface area (Å²) in [6, 6.07) is 16.5. The molecule has 2 N–H and O–H groups in total. The zero-order valence-corrected chi connectivity index (χ0v) is 10.2. The fourth-order valence-electron chi connectivity index (χ4n) is 2.27. The van der Waals surface area contributed by atoms with Crippen molar-refractivity contribution >= 4 is 16.6 Å². The molecular formula is C15H15N3. The molecule has 1 unspecified atom stereocenters. The molecule has 0 aliphatic carbocycles. The molecule has 0 saturated heterocycles. The molecule has 2 aromatic carbocycles. The van der Waals surface area contributed by atoms with Gasteiger partial charge in [-0.05, 0) is 24.6 Å². The Hall–Kier alpha value is -2.29. The predicted molar refractivity (Wildman–Crippen MR) is 74.4 cm³/mol. The number of nitrogens with two attached hydrogens (primary N) is 1. The van der Waals surface area contributed by atoms with Crippen LogP contribution in [-0.2, 0) is 0 Å². The molecule has 0 fully saturated rings. The van der Waals surface area contributed by atoms with Crippen molar-refractivity contribution < 1.29 is 0 Å². The number of nitrogen functional groups attached to an aromatic ring is 1. The smallest absolute Gasteiger partial charge is 0.0747 e. The molecule has 18 heavy (non-hydrogen) atoms. The van der Waals surface area contributed by atoms with Crippen LogP contribution in [0.3, 0.4) is 0 Å². The molecule has 1 atom stereocenters. The van der Waals surface area contributed by atoms with Crippen molar-refractivity contribution in [2.75, 3.05) is 5.73 Å². The molecule has 0 amide bonds. The Morgan fingerprint density at radius 1 is 1.06 bits per heavy atom. The third kappa shape index (κ3) is 1.64. The highest BCUT2D eigenvalue weighted by Crippen LogP contribution is 2.25. The Kier molecular flexibility index (Phi) is 2.52. The van der Waals surface area contributed by atoms with E-state index in [1.54, 1.807) is 0 Å². The molecule has 90 valence electrons. The first-order valence-corrected chi connectivity index (χ1v) is 6.04. The number of hydrogen-bond acceptors (Lipinski definition) is 2. The molecule has 3 aromatic rings. The third-order valence-corrected chi connectivity index (χ3v) is 3.32. The van der Waals surface area contributed by atoms with E-state index in [0.717, 1.165) is 16.6 Å². The van der Waals surface area contributed by atoms with Crippen LogP contribution in [-0.4, -0.2) is 9.78 Å². The number of nitrogens with zero attached hydrogens (tertiary/aromatic N) is 2. The SMILES string of the molecule is CC(c1ccccc1)n1ncc2c(N)cccc21. The lowest BCUT2D eigenvalue weighted by Gasteiger charge is -2.14. The maximum Gasteiger partial charge on any atom is 0.0747 e. The summed E-state index contributed by atoms with van der Waals surface area (Å²) in [6.07, 6.45) is 1.84. The van der Waals surface area contributed by atoms with Crippen molar-refractivity contribution in [2.45, 2.75) is 13.0 Å². The normalized spacial score (nSPS) is 12.7. The van der Waals surface area contributed by atoms with Crippen molar-refractivity contribution in [2.24, 2.45) is 0 Å². The Labute approximate surface area is 106 Å². The number of anilines is 1. The molecule has 3 heteroatoms. The lowest BCUT2D eigenvalue weighted by atomic mass is 10.1. The van der Waals surface area contributed by atoms with E-state index in [-0.39, 0.29) is 6.04 Å². The summed E-state index contributed by atoms with van der Waals surface area (Å²) >= 11 is 0. The van der Waals surface area contributed by atoms with Crippen LogP contribution >= 0.6 is 0 Å². The molecule has 0 radical (unpaired) electrons. The lowest BCUT2D eigenvalue weighted by molar-refractivity contribution is 0.584. The van der Waals surface area contributed by atoms with Gasteiger partial charge in [-0.15, -0.1) is 0 Å². The third-order valence-electron chi connectivity index (χ3n) is 3.32. The highest BCUT2D eigenvalue weighted by molar-refractivity contribution is 5.90. The maximum absolute atomic E-state index is 5.96. The van der Waals surface area contributed by atoms with Gasteiger partial charge in [0.05, 0.1) is 17.8 Å². The molecule has 3 nitrogen and oxygen atoms in total. The Morgan fingerprint density at radius 2 is 1.83 bits per heavy atom. The van der Waals surface area contributed by atoms with Crippen molar-refractivity contribution in [3.05, 3.63) is 60.3 Å². The summed E-state index contributed by atoms with van der Waals surface area (Å²) in [4.78, 5) is 0. The van der Waals surface area contributed by atoms with E-state index in [1.165, 1.54) is 5.56 Å². The lowest BCUT2D eigenvalue weighted by Crippen LogP contribution is -2.07. The van der Waals surface area contributed by atoms with Crippen LogP contribution in [0.5, 0.6) is 0 Å². The van der Waals surface area contributed by atoms with Crippen LogP contribution in [0.25, 0.3) is 10.9 Å². The van der Waals surface area contributed by atoms with E-state index in [0.29, 0.717) is 0 Å². The quantitative estimate of drug-likeness (QED) is 0.695. The second kappa shape index (κ2) is 4.18. The highest BCUT2D eigenvalue weighted by Gasteiger charge is 2.12.